The second-order valence-electron chi connectivity index (χ2n) is 2.31. The Morgan fingerprint density at radius 1 is 1.20 bits per heavy atom. The molecule has 0 aromatic rings. The SMILES string of the molecule is S=C([S-])N1CCCCC1.[K+]. The molecule has 1 saturated heterocycles. The molecule has 1 nitrogen and oxygen atoms in total. The van der Waals surface area contributed by atoms with Crippen molar-refractivity contribution in [2.24, 2.45) is 0 Å². The summed E-state index contributed by atoms with van der Waals surface area (Å²) in [7, 11) is 0. The van der Waals surface area contributed by atoms with Crippen molar-refractivity contribution >= 4 is 29.2 Å². The van der Waals surface area contributed by atoms with Gasteiger partial charge in [-0.1, -0.05) is 4.32 Å². The second-order valence-corrected chi connectivity index (χ2v) is 3.35. The molecule has 0 amide bonds. The number of likely N-dealkylation sites (tertiary alicyclic amines) is 1. The van der Waals surface area contributed by atoms with Crippen LogP contribution < -0.4 is 51.4 Å². The van der Waals surface area contributed by atoms with E-state index in [0.717, 1.165) is 13.1 Å². The molecular formula is C6H10KNS2. The van der Waals surface area contributed by atoms with E-state index in [1.54, 1.807) is 0 Å². The van der Waals surface area contributed by atoms with E-state index < -0.39 is 0 Å². The molecule has 0 unspecified atom stereocenters. The first-order valence-corrected chi connectivity index (χ1v) is 4.08. The van der Waals surface area contributed by atoms with E-state index in [4.69, 9.17) is 24.8 Å². The van der Waals surface area contributed by atoms with E-state index in [9.17, 15) is 0 Å². The molecular weight excluding hydrogens is 189 g/mol. The van der Waals surface area contributed by atoms with Crippen LogP contribution in [0.15, 0.2) is 0 Å². The van der Waals surface area contributed by atoms with Crippen molar-refractivity contribution in [3.8, 4) is 0 Å². The van der Waals surface area contributed by atoms with Crippen LogP contribution in [0.25, 0.3) is 0 Å². The third kappa shape index (κ3) is 3.95. The van der Waals surface area contributed by atoms with E-state index in [1.165, 1.54) is 19.3 Å². The summed E-state index contributed by atoms with van der Waals surface area (Å²) in [5.74, 6) is 0. The van der Waals surface area contributed by atoms with Crippen molar-refractivity contribution in [2.75, 3.05) is 13.1 Å². The first kappa shape index (κ1) is 11.7. The molecule has 0 spiro atoms. The van der Waals surface area contributed by atoms with Gasteiger partial charge in [-0.3, -0.25) is 0 Å². The van der Waals surface area contributed by atoms with Gasteiger partial charge < -0.3 is 29.7 Å². The second kappa shape index (κ2) is 6.28. The quantitative estimate of drug-likeness (QED) is 0.260. The number of rotatable bonds is 0. The zero-order chi connectivity index (χ0) is 6.69. The predicted molar refractivity (Wildman–Crippen MR) is 45.4 cm³/mol. The van der Waals surface area contributed by atoms with Crippen molar-refractivity contribution < 1.29 is 51.4 Å². The minimum Gasteiger partial charge on any atom is -0.411 e. The topological polar surface area (TPSA) is 3.24 Å². The largest absolute Gasteiger partial charge is 1.00 e. The maximum absolute atomic E-state index is 4.86. The molecule has 1 fully saturated rings. The zero-order valence-electron chi connectivity index (χ0n) is 6.30. The van der Waals surface area contributed by atoms with Crippen LogP contribution in [-0.4, -0.2) is 22.3 Å². The van der Waals surface area contributed by atoms with E-state index in [-0.39, 0.29) is 51.4 Å². The molecule has 1 aliphatic heterocycles. The summed E-state index contributed by atoms with van der Waals surface area (Å²) in [4.78, 5) is 2.11. The van der Waals surface area contributed by atoms with E-state index in [1.807, 2.05) is 0 Å². The van der Waals surface area contributed by atoms with Crippen molar-refractivity contribution in [2.45, 2.75) is 19.3 Å². The minimum absolute atomic E-state index is 0. The molecule has 1 aliphatic rings. The Labute approximate surface area is 116 Å². The summed E-state index contributed by atoms with van der Waals surface area (Å²) in [5.41, 5.74) is 0. The average molecular weight is 199 g/mol. The van der Waals surface area contributed by atoms with Gasteiger partial charge in [0.2, 0.25) is 0 Å². The normalized spacial score (nSPS) is 17.8. The third-order valence-electron chi connectivity index (χ3n) is 1.61. The molecule has 0 atom stereocenters. The molecule has 0 aromatic heterocycles. The van der Waals surface area contributed by atoms with Crippen LogP contribution >= 0.6 is 12.2 Å². The zero-order valence-corrected chi connectivity index (χ0v) is 11.1. The van der Waals surface area contributed by atoms with Gasteiger partial charge in [0.05, 0.1) is 0 Å². The number of hydrogen-bond acceptors (Lipinski definition) is 2. The summed E-state index contributed by atoms with van der Waals surface area (Å²) in [5, 5.41) is 0. The van der Waals surface area contributed by atoms with Gasteiger partial charge in [-0.2, -0.15) is 0 Å². The maximum atomic E-state index is 4.86. The van der Waals surface area contributed by atoms with Gasteiger partial charge in [0, 0.05) is 13.1 Å². The monoisotopic (exact) mass is 199 g/mol. The molecule has 4 heteroatoms. The summed E-state index contributed by atoms with van der Waals surface area (Å²) >= 11 is 9.71. The Morgan fingerprint density at radius 2 is 1.70 bits per heavy atom. The van der Waals surface area contributed by atoms with Gasteiger partial charge >= 0.3 is 51.4 Å². The molecule has 0 aliphatic carbocycles. The van der Waals surface area contributed by atoms with Gasteiger partial charge in [0.1, 0.15) is 0 Å². The minimum atomic E-state index is 0. The fourth-order valence-corrected chi connectivity index (χ4v) is 1.44. The fraction of sp³-hybridized carbons (Fsp3) is 0.833. The molecule has 10 heavy (non-hydrogen) atoms. The van der Waals surface area contributed by atoms with E-state index >= 15 is 0 Å². The Balaban J connectivity index is 0.000000810. The third-order valence-corrected chi connectivity index (χ3v) is 2.13. The van der Waals surface area contributed by atoms with Crippen LogP contribution in [0.5, 0.6) is 0 Å². The van der Waals surface area contributed by atoms with Gasteiger partial charge in [0.25, 0.3) is 0 Å². The van der Waals surface area contributed by atoms with Crippen LogP contribution in [0.1, 0.15) is 19.3 Å². The standard InChI is InChI=1S/C6H11NS2.K/c8-6(9)7-4-2-1-3-5-7;/h1-5H2,(H,8,9);/q;+1/p-1. The maximum Gasteiger partial charge on any atom is 1.00 e. The average Bonchev–Trinajstić information content (AvgIpc) is 1.90. The Morgan fingerprint density at radius 3 is 2.00 bits per heavy atom. The molecule has 0 aromatic carbocycles. The van der Waals surface area contributed by atoms with Crippen molar-refractivity contribution in [3.63, 3.8) is 0 Å². The molecule has 1 heterocycles. The first-order valence-electron chi connectivity index (χ1n) is 3.26. The van der Waals surface area contributed by atoms with Gasteiger partial charge in [-0.15, -0.1) is 0 Å². The van der Waals surface area contributed by atoms with E-state index in [2.05, 4.69) is 4.90 Å². The molecule has 0 N–H and O–H groups in total. The van der Waals surface area contributed by atoms with Crippen LogP contribution in [-0.2, 0) is 12.6 Å². The summed E-state index contributed by atoms with van der Waals surface area (Å²) in [6.07, 6.45) is 3.86. The Bertz CT molecular complexity index is 112. The van der Waals surface area contributed by atoms with Crippen molar-refractivity contribution in [1.29, 1.82) is 0 Å². The number of thiocarbonyl (C=S) groups is 1. The van der Waals surface area contributed by atoms with Gasteiger partial charge in [-0.25, -0.2) is 0 Å². The van der Waals surface area contributed by atoms with Gasteiger partial charge in [0.15, 0.2) is 0 Å². The summed E-state index contributed by atoms with van der Waals surface area (Å²) < 4.78 is 0.648. The van der Waals surface area contributed by atoms with Crippen LogP contribution in [0.2, 0.25) is 0 Å². The molecule has 0 saturated carbocycles. The van der Waals surface area contributed by atoms with Crippen LogP contribution in [0, 0.1) is 0 Å². The van der Waals surface area contributed by atoms with Crippen LogP contribution in [0.3, 0.4) is 0 Å². The molecule has 0 bridgehead atoms. The Kier molecular flexibility index (Phi) is 7.38. The molecule has 1 rings (SSSR count). The summed E-state index contributed by atoms with van der Waals surface area (Å²) in [6.45, 7) is 2.17. The predicted octanol–water partition coefficient (Wildman–Crippen LogP) is -1.69. The molecule has 52 valence electrons. The Hall–Kier alpha value is 1.75. The van der Waals surface area contributed by atoms with Gasteiger partial charge in [-0.05, 0) is 19.3 Å². The number of nitrogens with zero attached hydrogens (tertiary/aromatic N) is 1. The number of piperidine rings is 1. The van der Waals surface area contributed by atoms with Crippen LogP contribution in [0.4, 0.5) is 0 Å². The first-order chi connectivity index (χ1) is 4.30. The van der Waals surface area contributed by atoms with Crippen molar-refractivity contribution in [3.05, 3.63) is 0 Å². The smallest absolute Gasteiger partial charge is 0.411 e. The number of hydrogen-bond donors (Lipinski definition) is 0. The fourth-order valence-electron chi connectivity index (χ4n) is 1.08. The molecule has 0 radical (unpaired) electrons. The van der Waals surface area contributed by atoms with Crippen molar-refractivity contribution in [1.82, 2.24) is 4.90 Å². The van der Waals surface area contributed by atoms with E-state index in [0.29, 0.717) is 4.32 Å². The summed E-state index contributed by atoms with van der Waals surface area (Å²) in [6, 6.07) is 0.